The molecule has 0 aliphatic rings. The van der Waals surface area contributed by atoms with E-state index in [2.05, 4.69) is 34.5 Å². The fourth-order valence-electron chi connectivity index (χ4n) is 2.55. The molecule has 0 fully saturated rings. The number of carbonyl (C=O) groups excluding carboxylic acids is 1. The van der Waals surface area contributed by atoms with Crippen LogP contribution in [0.4, 0.5) is 4.79 Å². The highest BCUT2D eigenvalue weighted by Crippen LogP contribution is 2.09. The molecule has 1 aromatic carbocycles. The molecule has 3 N–H and O–H groups in total. The molecule has 0 heterocycles. The first kappa shape index (κ1) is 21.5. The third-order valence-corrected chi connectivity index (χ3v) is 3.82. The summed E-state index contributed by atoms with van der Waals surface area (Å²) in [5.74, 6) is 0. The number of amides is 1. The van der Waals surface area contributed by atoms with Gasteiger partial charge in [0.1, 0.15) is 5.60 Å². The van der Waals surface area contributed by atoms with Crippen LogP contribution in [0.3, 0.4) is 0 Å². The smallest absolute Gasteiger partial charge is 0.407 e. The number of nitrogens with zero attached hydrogens (tertiary/aromatic N) is 1. The zero-order valence-electron chi connectivity index (χ0n) is 16.3. The van der Waals surface area contributed by atoms with Crippen LogP contribution in [-0.4, -0.2) is 42.3 Å². The van der Waals surface area contributed by atoms with Crippen molar-refractivity contribution >= 4 is 6.09 Å². The van der Waals surface area contributed by atoms with E-state index in [1.807, 2.05) is 33.8 Å². The second-order valence-corrected chi connectivity index (χ2v) is 7.59. The van der Waals surface area contributed by atoms with Gasteiger partial charge in [-0.2, -0.15) is 0 Å². The Labute approximate surface area is 152 Å². The Kier molecular flexibility index (Phi) is 9.53. The monoisotopic (exact) mass is 349 g/mol. The van der Waals surface area contributed by atoms with Crippen molar-refractivity contribution in [2.75, 3.05) is 19.6 Å². The predicted molar refractivity (Wildman–Crippen MR) is 103 cm³/mol. The molecule has 0 aliphatic heterocycles. The van der Waals surface area contributed by atoms with E-state index in [1.165, 1.54) is 5.56 Å². The standard InChI is InChI=1S/C20H35N3O2/c1-17(22-19(24)25-20(2,3)4)12-15-23(14-9-8-13-21)16-18-10-6-5-7-11-18/h5-7,10-11,17H,8-9,12-16,21H2,1-4H3,(H,22,24)/t17-/m0/s1. The Hall–Kier alpha value is -1.59. The van der Waals surface area contributed by atoms with Crippen LogP contribution in [0.5, 0.6) is 0 Å². The minimum atomic E-state index is -0.467. The molecule has 0 saturated carbocycles. The molecule has 1 aromatic rings. The third kappa shape index (κ3) is 10.8. The van der Waals surface area contributed by atoms with Crippen LogP contribution in [0, 0.1) is 0 Å². The zero-order chi connectivity index (χ0) is 18.7. The Balaban J connectivity index is 2.46. The van der Waals surface area contributed by atoms with Gasteiger partial charge in [-0.15, -0.1) is 0 Å². The van der Waals surface area contributed by atoms with Crippen molar-refractivity contribution in [3.8, 4) is 0 Å². The minimum absolute atomic E-state index is 0.0719. The summed E-state index contributed by atoms with van der Waals surface area (Å²) in [6, 6.07) is 10.5. The third-order valence-electron chi connectivity index (χ3n) is 3.82. The second-order valence-electron chi connectivity index (χ2n) is 7.59. The summed E-state index contributed by atoms with van der Waals surface area (Å²) in [6.07, 6.45) is 2.67. The van der Waals surface area contributed by atoms with Gasteiger partial charge in [0.25, 0.3) is 0 Å². The van der Waals surface area contributed by atoms with E-state index in [0.29, 0.717) is 0 Å². The molecule has 1 rings (SSSR count). The summed E-state index contributed by atoms with van der Waals surface area (Å²) in [6.45, 7) is 11.2. The van der Waals surface area contributed by atoms with E-state index in [4.69, 9.17) is 10.5 Å². The first-order chi connectivity index (χ1) is 11.8. The van der Waals surface area contributed by atoms with Crippen LogP contribution in [0.2, 0.25) is 0 Å². The Morgan fingerprint density at radius 3 is 2.48 bits per heavy atom. The molecular formula is C20H35N3O2. The van der Waals surface area contributed by atoms with Crippen molar-refractivity contribution in [3.05, 3.63) is 35.9 Å². The maximum atomic E-state index is 11.9. The number of carbonyl (C=O) groups is 1. The van der Waals surface area contributed by atoms with Gasteiger partial charge in [-0.05, 0) is 65.6 Å². The number of nitrogens with one attached hydrogen (secondary N) is 1. The fraction of sp³-hybridized carbons (Fsp3) is 0.650. The maximum Gasteiger partial charge on any atom is 0.407 e. The number of unbranched alkanes of at least 4 members (excludes halogenated alkanes) is 1. The predicted octanol–water partition coefficient (Wildman–Crippen LogP) is 3.53. The largest absolute Gasteiger partial charge is 0.444 e. The van der Waals surface area contributed by atoms with Gasteiger partial charge in [-0.25, -0.2) is 4.79 Å². The van der Waals surface area contributed by atoms with E-state index in [0.717, 1.165) is 45.4 Å². The average Bonchev–Trinajstić information content (AvgIpc) is 2.51. The van der Waals surface area contributed by atoms with Gasteiger partial charge in [0.05, 0.1) is 0 Å². The van der Waals surface area contributed by atoms with E-state index >= 15 is 0 Å². The summed E-state index contributed by atoms with van der Waals surface area (Å²) in [5, 5.41) is 2.92. The lowest BCUT2D eigenvalue weighted by Gasteiger charge is -2.25. The molecule has 0 saturated heterocycles. The van der Waals surface area contributed by atoms with Gasteiger partial charge in [-0.3, -0.25) is 4.90 Å². The first-order valence-electron chi connectivity index (χ1n) is 9.26. The summed E-state index contributed by atoms with van der Waals surface area (Å²) < 4.78 is 5.31. The van der Waals surface area contributed by atoms with Crippen LogP contribution in [0.15, 0.2) is 30.3 Å². The van der Waals surface area contributed by atoms with Gasteiger partial charge in [0, 0.05) is 19.1 Å². The molecule has 0 aliphatic carbocycles. The van der Waals surface area contributed by atoms with Crippen LogP contribution in [0.1, 0.15) is 52.5 Å². The highest BCUT2D eigenvalue weighted by molar-refractivity contribution is 5.67. The Morgan fingerprint density at radius 1 is 1.20 bits per heavy atom. The number of nitrogens with two attached hydrogens (primary N) is 1. The number of hydrogen-bond acceptors (Lipinski definition) is 4. The summed E-state index contributed by atoms with van der Waals surface area (Å²) in [5.41, 5.74) is 6.46. The summed E-state index contributed by atoms with van der Waals surface area (Å²) >= 11 is 0. The molecule has 0 bridgehead atoms. The molecule has 5 nitrogen and oxygen atoms in total. The molecule has 25 heavy (non-hydrogen) atoms. The van der Waals surface area contributed by atoms with Gasteiger partial charge < -0.3 is 15.8 Å². The number of hydrogen-bond donors (Lipinski definition) is 2. The molecule has 142 valence electrons. The molecule has 0 spiro atoms. The van der Waals surface area contributed by atoms with Crippen LogP contribution in [0.25, 0.3) is 0 Å². The number of alkyl carbamates (subject to hydrolysis) is 1. The topological polar surface area (TPSA) is 67.6 Å². The highest BCUT2D eigenvalue weighted by atomic mass is 16.6. The number of benzene rings is 1. The van der Waals surface area contributed by atoms with Crippen molar-refractivity contribution in [1.82, 2.24) is 10.2 Å². The van der Waals surface area contributed by atoms with Crippen LogP contribution in [-0.2, 0) is 11.3 Å². The quantitative estimate of drug-likeness (QED) is 0.634. The Bertz CT molecular complexity index is 485. The van der Waals surface area contributed by atoms with E-state index in [1.54, 1.807) is 0 Å². The van der Waals surface area contributed by atoms with Gasteiger partial charge >= 0.3 is 6.09 Å². The molecule has 0 unspecified atom stereocenters. The zero-order valence-corrected chi connectivity index (χ0v) is 16.3. The van der Waals surface area contributed by atoms with Crippen molar-refractivity contribution in [1.29, 1.82) is 0 Å². The highest BCUT2D eigenvalue weighted by Gasteiger charge is 2.18. The summed E-state index contributed by atoms with van der Waals surface area (Å²) in [4.78, 5) is 14.3. The van der Waals surface area contributed by atoms with Crippen LogP contribution < -0.4 is 11.1 Å². The number of rotatable bonds is 10. The Morgan fingerprint density at radius 2 is 1.88 bits per heavy atom. The lowest BCUT2D eigenvalue weighted by Crippen LogP contribution is -2.39. The van der Waals surface area contributed by atoms with Crippen LogP contribution >= 0.6 is 0 Å². The van der Waals surface area contributed by atoms with Gasteiger partial charge in [0.15, 0.2) is 0 Å². The lowest BCUT2D eigenvalue weighted by molar-refractivity contribution is 0.0503. The maximum absolute atomic E-state index is 11.9. The molecule has 1 amide bonds. The van der Waals surface area contributed by atoms with Crippen molar-refractivity contribution in [2.24, 2.45) is 5.73 Å². The number of ether oxygens (including phenoxy) is 1. The molecule has 1 atom stereocenters. The first-order valence-corrected chi connectivity index (χ1v) is 9.26. The molecular weight excluding hydrogens is 314 g/mol. The molecule has 5 heteroatoms. The molecule has 0 radical (unpaired) electrons. The minimum Gasteiger partial charge on any atom is -0.444 e. The van der Waals surface area contributed by atoms with E-state index in [9.17, 15) is 4.79 Å². The second kappa shape index (κ2) is 11.1. The van der Waals surface area contributed by atoms with Crippen molar-refractivity contribution < 1.29 is 9.53 Å². The average molecular weight is 350 g/mol. The fourth-order valence-corrected chi connectivity index (χ4v) is 2.55. The van der Waals surface area contributed by atoms with Crippen molar-refractivity contribution in [3.63, 3.8) is 0 Å². The SMILES string of the molecule is C[C@@H](CCN(CCCCN)Cc1ccccc1)NC(=O)OC(C)(C)C. The van der Waals surface area contributed by atoms with E-state index in [-0.39, 0.29) is 12.1 Å². The van der Waals surface area contributed by atoms with Gasteiger partial charge in [0.2, 0.25) is 0 Å². The van der Waals surface area contributed by atoms with Gasteiger partial charge in [-0.1, -0.05) is 30.3 Å². The molecule has 0 aromatic heterocycles. The normalized spacial score (nSPS) is 12.9. The summed E-state index contributed by atoms with van der Waals surface area (Å²) in [7, 11) is 0. The lowest BCUT2D eigenvalue weighted by atomic mass is 10.1. The van der Waals surface area contributed by atoms with E-state index < -0.39 is 5.60 Å². The van der Waals surface area contributed by atoms with Crippen molar-refractivity contribution in [2.45, 2.75) is 65.1 Å².